The van der Waals surface area contributed by atoms with E-state index in [1.165, 1.54) is 0 Å². The van der Waals surface area contributed by atoms with Crippen LogP contribution in [0, 0.1) is 20.8 Å². The molecule has 0 aliphatic rings. The molecule has 0 spiro atoms. The van der Waals surface area contributed by atoms with Crippen LogP contribution < -0.4 is 10.0 Å². The van der Waals surface area contributed by atoms with Crippen LogP contribution in [0.25, 0.3) is 0 Å². The van der Waals surface area contributed by atoms with Gasteiger partial charge in [-0.3, -0.25) is 14.6 Å². The molecule has 0 aliphatic carbocycles. The number of carbonyl (C=O) groups is 1. The molecule has 3 aromatic carbocycles. The average Bonchev–Trinajstić information content (AvgIpc) is 3.25. The van der Waals surface area contributed by atoms with Crippen LogP contribution in [0.1, 0.15) is 44.7 Å². The molecule has 0 fully saturated rings. The third-order valence-electron chi connectivity index (χ3n) is 5.31. The first-order valence-electron chi connectivity index (χ1n) is 10.7. The Morgan fingerprint density at radius 3 is 2.29 bits per heavy atom. The van der Waals surface area contributed by atoms with Crippen molar-refractivity contribution in [3.8, 4) is 0 Å². The number of carbonyl (C=O) groups excluding carboxylic acids is 1. The molecule has 0 saturated heterocycles. The zero-order valence-electron chi connectivity index (χ0n) is 19.0. The number of H-pyrrole nitrogens is 1. The predicted octanol–water partition coefficient (Wildman–Crippen LogP) is 4.05. The summed E-state index contributed by atoms with van der Waals surface area (Å²) in [6, 6.07) is 20.4. The van der Waals surface area contributed by atoms with Crippen LogP contribution in [0.5, 0.6) is 0 Å². The third kappa shape index (κ3) is 5.15. The fourth-order valence-corrected chi connectivity index (χ4v) is 4.93. The Labute approximate surface area is 198 Å². The van der Waals surface area contributed by atoms with Crippen molar-refractivity contribution in [1.29, 1.82) is 0 Å². The summed E-state index contributed by atoms with van der Waals surface area (Å²) >= 11 is 0. The monoisotopic (exact) mass is 475 g/mol. The lowest BCUT2D eigenvalue weighted by Crippen LogP contribution is -2.30. The molecule has 4 aromatic rings. The molecule has 1 heterocycles. The summed E-state index contributed by atoms with van der Waals surface area (Å²) in [5.74, 6) is 0.765. The van der Waals surface area contributed by atoms with Crippen molar-refractivity contribution in [2.24, 2.45) is 0 Å². The highest BCUT2D eigenvalue weighted by Crippen LogP contribution is 2.22. The molecule has 1 amide bonds. The summed E-state index contributed by atoms with van der Waals surface area (Å²) < 4.78 is 28.3. The van der Waals surface area contributed by atoms with Crippen LogP contribution >= 0.6 is 0 Å². The van der Waals surface area contributed by atoms with E-state index in [4.69, 9.17) is 0 Å². The Kier molecular flexibility index (Phi) is 6.47. The van der Waals surface area contributed by atoms with Crippen LogP contribution in [-0.2, 0) is 10.0 Å². The number of aryl methyl sites for hydroxylation is 3. The number of hydrogen-bond donors (Lipinski definition) is 3. The Balaban J connectivity index is 1.53. The number of aromatic nitrogens is 3. The maximum absolute atomic E-state index is 13.0. The number of aromatic amines is 1. The summed E-state index contributed by atoms with van der Waals surface area (Å²) in [4.78, 5) is 17.6. The number of rotatable bonds is 7. The molecule has 3 N–H and O–H groups in total. The fourth-order valence-electron chi connectivity index (χ4n) is 3.54. The summed E-state index contributed by atoms with van der Waals surface area (Å²) in [5, 5.41) is 9.98. The van der Waals surface area contributed by atoms with Crippen LogP contribution in [0.3, 0.4) is 0 Å². The van der Waals surface area contributed by atoms with Gasteiger partial charge >= 0.3 is 0 Å². The molecule has 9 heteroatoms. The van der Waals surface area contributed by atoms with Crippen LogP contribution in [0.15, 0.2) is 77.7 Å². The standard InChI is InChI=1S/C25H25N5O3S/c1-16-9-10-17(2)22(15-16)34(32,33)30-21-13-11-20(12-14-21)25(31)27-23(19-7-5-4-6-8-19)24-26-18(3)28-29-24/h4-15,23,30H,1-3H3,(H,27,31)(H,26,28,29). The SMILES string of the molecule is Cc1ccc(C)c(S(=O)(=O)Nc2ccc(C(=O)NC(c3ccccc3)c3n[nH]c(C)n3)cc2)c1. The number of amides is 1. The third-order valence-corrected chi connectivity index (χ3v) is 6.84. The van der Waals surface area contributed by atoms with Gasteiger partial charge < -0.3 is 5.32 Å². The number of nitrogens with zero attached hydrogens (tertiary/aromatic N) is 2. The van der Waals surface area contributed by atoms with Gasteiger partial charge in [-0.2, -0.15) is 5.10 Å². The average molecular weight is 476 g/mol. The van der Waals surface area contributed by atoms with Gasteiger partial charge in [-0.15, -0.1) is 0 Å². The number of nitrogens with one attached hydrogen (secondary N) is 3. The van der Waals surface area contributed by atoms with Crippen LogP contribution in [0.4, 0.5) is 5.69 Å². The second kappa shape index (κ2) is 9.48. The molecule has 0 bridgehead atoms. The van der Waals surface area contributed by atoms with E-state index < -0.39 is 16.1 Å². The van der Waals surface area contributed by atoms with Gasteiger partial charge in [0.1, 0.15) is 11.9 Å². The molecular formula is C25H25N5O3S. The number of hydrogen-bond acceptors (Lipinski definition) is 5. The number of sulfonamides is 1. The maximum atomic E-state index is 13.0. The van der Waals surface area contributed by atoms with Crippen molar-refractivity contribution in [3.63, 3.8) is 0 Å². The van der Waals surface area contributed by atoms with E-state index >= 15 is 0 Å². The molecule has 1 atom stereocenters. The first-order valence-corrected chi connectivity index (χ1v) is 12.2. The molecule has 1 unspecified atom stereocenters. The number of anilines is 1. The fraction of sp³-hybridized carbons (Fsp3) is 0.160. The largest absolute Gasteiger partial charge is 0.338 e. The lowest BCUT2D eigenvalue weighted by molar-refractivity contribution is 0.0941. The van der Waals surface area contributed by atoms with E-state index in [2.05, 4.69) is 25.2 Å². The minimum Gasteiger partial charge on any atom is -0.338 e. The first kappa shape index (κ1) is 23.2. The van der Waals surface area contributed by atoms with Gasteiger partial charge in [0.25, 0.3) is 15.9 Å². The van der Waals surface area contributed by atoms with Gasteiger partial charge in [-0.25, -0.2) is 13.4 Å². The Morgan fingerprint density at radius 2 is 1.65 bits per heavy atom. The quantitative estimate of drug-likeness (QED) is 0.373. The minimum absolute atomic E-state index is 0.224. The lowest BCUT2D eigenvalue weighted by atomic mass is 10.1. The smallest absolute Gasteiger partial charge is 0.262 e. The summed E-state index contributed by atoms with van der Waals surface area (Å²) in [7, 11) is -3.76. The van der Waals surface area contributed by atoms with Crippen molar-refractivity contribution in [2.45, 2.75) is 31.7 Å². The second-order valence-electron chi connectivity index (χ2n) is 8.05. The highest BCUT2D eigenvalue weighted by Gasteiger charge is 2.22. The van der Waals surface area contributed by atoms with E-state index in [0.29, 0.717) is 28.5 Å². The van der Waals surface area contributed by atoms with Crippen LogP contribution in [-0.4, -0.2) is 29.5 Å². The molecule has 0 radical (unpaired) electrons. The van der Waals surface area contributed by atoms with E-state index in [0.717, 1.165) is 11.1 Å². The van der Waals surface area contributed by atoms with Crippen molar-refractivity contribution in [2.75, 3.05) is 4.72 Å². The maximum Gasteiger partial charge on any atom is 0.262 e. The van der Waals surface area contributed by atoms with E-state index in [1.807, 2.05) is 43.3 Å². The molecule has 174 valence electrons. The van der Waals surface area contributed by atoms with E-state index in [-0.39, 0.29) is 10.8 Å². The van der Waals surface area contributed by atoms with Gasteiger partial charge in [0, 0.05) is 11.3 Å². The normalized spacial score (nSPS) is 12.2. The van der Waals surface area contributed by atoms with E-state index in [9.17, 15) is 13.2 Å². The van der Waals surface area contributed by atoms with Crippen molar-refractivity contribution in [3.05, 3.63) is 107 Å². The first-order chi connectivity index (χ1) is 16.2. The minimum atomic E-state index is -3.76. The highest BCUT2D eigenvalue weighted by molar-refractivity contribution is 7.92. The van der Waals surface area contributed by atoms with Crippen molar-refractivity contribution in [1.82, 2.24) is 20.5 Å². The van der Waals surface area contributed by atoms with Gasteiger partial charge in [0.2, 0.25) is 0 Å². The zero-order valence-corrected chi connectivity index (χ0v) is 19.8. The Hall–Kier alpha value is -3.98. The molecule has 0 saturated carbocycles. The van der Waals surface area contributed by atoms with Gasteiger partial charge in [-0.1, -0.05) is 42.5 Å². The summed E-state index contributed by atoms with van der Waals surface area (Å²) in [5.41, 5.74) is 3.09. The molecule has 4 rings (SSSR count). The highest BCUT2D eigenvalue weighted by atomic mass is 32.2. The second-order valence-corrected chi connectivity index (χ2v) is 9.70. The van der Waals surface area contributed by atoms with Gasteiger partial charge in [0.15, 0.2) is 5.82 Å². The topological polar surface area (TPSA) is 117 Å². The molecular weight excluding hydrogens is 450 g/mol. The van der Waals surface area contributed by atoms with Crippen molar-refractivity contribution < 1.29 is 13.2 Å². The van der Waals surface area contributed by atoms with Crippen LogP contribution in [0.2, 0.25) is 0 Å². The zero-order chi connectivity index (χ0) is 24.3. The molecule has 1 aromatic heterocycles. The summed E-state index contributed by atoms with van der Waals surface area (Å²) in [6.07, 6.45) is 0. The molecule has 0 aliphatic heterocycles. The van der Waals surface area contributed by atoms with E-state index in [1.54, 1.807) is 50.2 Å². The Morgan fingerprint density at radius 1 is 0.941 bits per heavy atom. The molecule has 8 nitrogen and oxygen atoms in total. The lowest BCUT2D eigenvalue weighted by Gasteiger charge is -2.17. The Bertz CT molecular complexity index is 1410. The van der Waals surface area contributed by atoms with Gasteiger partial charge in [0.05, 0.1) is 4.90 Å². The number of benzene rings is 3. The predicted molar refractivity (Wildman–Crippen MR) is 130 cm³/mol. The summed E-state index contributed by atoms with van der Waals surface area (Å²) in [6.45, 7) is 5.38. The van der Waals surface area contributed by atoms with Crippen molar-refractivity contribution >= 4 is 21.6 Å². The van der Waals surface area contributed by atoms with Gasteiger partial charge in [-0.05, 0) is 67.8 Å². The molecule has 34 heavy (non-hydrogen) atoms.